The quantitative estimate of drug-likeness (QED) is 0.831. The number of rotatable bonds is 4. The van der Waals surface area contributed by atoms with Crippen molar-refractivity contribution in [2.45, 2.75) is 31.3 Å². The number of hydrogen-bond acceptors (Lipinski definition) is 3. The monoisotopic (exact) mass is 236 g/mol. The molecule has 0 spiro atoms. The number of aliphatic carboxylic acids is 1. The summed E-state index contributed by atoms with van der Waals surface area (Å²) in [6, 6.07) is 5.57. The second-order valence-electron chi connectivity index (χ2n) is 4.55. The molecule has 0 aromatic heterocycles. The first-order chi connectivity index (χ1) is 8.03. The van der Waals surface area contributed by atoms with Gasteiger partial charge < -0.3 is 14.9 Å². The number of carboxylic acids is 1. The SMILES string of the molecule is COc1cccc(C)c1C1(C(O)C(=O)O)CC1. The molecule has 0 amide bonds. The Labute approximate surface area is 99.8 Å². The number of carboxylic acid groups (broad SMARTS) is 1. The molecule has 1 aromatic carbocycles. The van der Waals surface area contributed by atoms with Gasteiger partial charge in [0.25, 0.3) is 0 Å². The third-order valence-electron chi connectivity index (χ3n) is 3.50. The van der Waals surface area contributed by atoms with E-state index in [1.54, 1.807) is 13.2 Å². The van der Waals surface area contributed by atoms with Gasteiger partial charge in [0.05, 0.1) is 7.11 Å². The molecule has 4 heteroatoms. The highest BCUT2D eigenvalue weighted by Crippen LogP contribution is 2.54. The normalized spacial score (nSPS) is 18.5. The average Bonchev–Trinajstić information content (AvgIpc) is 3.08. The van der Waals surface area contributed by atoms with Crippen molar-refractivity contribution in [3.63, 3.8) is 0 Å². The minimum Gasteiger partial charge on any atom is -0.496 e. The predicted molar refractivity (Wildman–Crippen MR) is 62.3 cm³/mol. The van der Waals surface area contributed by atoms with Crippen molar-refractivity contribution in [3.05, 3.63) is 29.3 Å². The van der Waals surface area contributed by atoms with Crippen LogP contribution in [0, 0.1) is 6.92 Å². The first kappa shape index (κ1) is 11.9. The molecule has 0 saturated heterocycles. The lowest BCUT2D eigenvalue weighted by molar-refractivity contribution is -0.148. The summed E-state index contributed by atoms with van der Waals surface area (Å²) >= 11 is 0. The lowest BCUT2D eigenvalue weighted by Gasteiger charge is -2.23. The Morgan fingerprint density at radius 3 is 2.59 bits per heavy atom. The molecule has 1 atom stereocenters. The molecule has 4 nitrogen and oxygen atoms in total. The summed E-state index contributed by atoms with van der Waals surface area (Å²) in [6.07, 6.45) is 0.00102. The fourth-order valence-electron chi connectivity index (χ4n) is 2.48. The minimum atomic E-state index is -1.36. The molecule has 0 heterocycles. The second kappa shape index (κ2) is 4.04. The van der Waals surface area contributed by atoms with Gasteiger partial charge in [0, 0.05) is 11.0 Å². The zero-order valence-corrected chi connectivity index (χ0v) is 9.93. The molecule has 1 unspecified atom stereocenters. The molecule has 2 N–H and O–H groups in total. The minimum absolute atomic E-state index is 0.655. The number of aryl methyl sites for hydroxylation is 1. The number of aliphatic hydroxyl groups excluding tert-OH is 1. The molecule has 2 rings (SSSR count). The van der Waals surface area contributed by atoms with Crippen molar-refractivity contribution in [2.75, 3.05) is 7.11 Å². The van der Waals surface area contributed by atoms with Gasteiger partial charge in [-0.25, -0.2) is 4.79 Å². The highest BCUT2D eigenvalue weighted by Gasteiger charge is 2.55. The zero-order chi connectivity index (χ0) is 12.6. The Balaban J connectivity index is 2.50. The van der Waals surface area contributed by atoms with Crippen molar-refractivity contribution >= 4 is 5.97 Å². The van der Waals surface area contributed by atoms with E-state index in [1.807, 2.05) is 19.1 Å². The average molecular weight is 236 g/mol. The van der Waals surface area contributed by atoms with Crippen LogP contribution in [0.2, 0.25) is 0 Å². The number of benzene rings is 1. The molecule has 0 bridgehead atoms. The van der Waals surface area contributed by atoms with Crippen LogP contribution in [0.1, 0.15) is 24.0 Å². The van der Waals surface area contributed by atoms with Gasteiger partial charge in [-0.1, -0.05) is 12.1 Å². The summed E-state index contributed by atoms with van der Waals surface area (Å²) in [5.74, 6) is -0.518. The van der Waals surface area contributed by atoms with Crippen molar-refractivity contribution in [1.82, 2.24) is 0 Å². The van der Waals surface area contributed by atoms with Crippen LogP contribution in [-0.4, -0.2) is 29.4 Å². The number of ether oxygens (including phenoxy) is 1. The summed E-state index contributed by atoms with van der Waals surface area (Å²) in [6.45, 7) is 1.91. The highest BCUT2D eigenvalue weighted by atomic mass is 16.5. The van der Waals surface area contributed by atoms with Gasteiger partial charge in [-0.15, -0.1) is 0 Å². The fourth-order valence-corrected chi connectivity index (χ4v) is 2.48. The largest absolute Gasteiger partial charge is 0.496 e. The number of carbonyl (C=O) groups is 1. The van der Waals surface area contributed by atoms with Crippen molar-refractivity contribution < 1.29 is 19.7 Å². The number of aliphatic hydroxyl groups is 1. The molecular weight excluding hydrogens is 220 g/mol. The predicted octanol–water partition coefficient (Wildman–Crippen LogP) is 1.48. The molecule has 0 radical (unpaired) electrons. The molecule has 17 heavy (non-hydrogen) atoms. The Morgan fingerprint density at radius 1 is 1.47 bits per heavy atom. The fraction of sp³-hybridized carbons (Fsp3) is 0.462. The summed E-state index contributed by atoms with van der Waals surface area (Å²) in [5.41, 5.74) is 1.13. The van der Waals surface area contributed by atoms with E-state index in [0.717, 1.165) is 11.1 Å². The van der Waals surface area contributed by atoms with Crippen molar-refractivity contribution in [2.24, 2.45) is 0 Å². The van der Waals surface area contributed by atoms with Gasteiger partial charge >= 0.3 is 5.97 Å². The highest BCUT2D eigenvalue weighted by molar-refractivity contribution is 5.76. The van der Waals surface area contributed by atoms with Gasteiger partial charge in [-0.05, 0) is 31.4 Å². The molecule has 1 saturated carbocycles. The van der Waals surface area contributed by atoms with E-state index in [-0.39, 0.29) is 0 Å². The molecular formula is C13H16O4. The maximum Gasteiger partial charge on any atom is 0.333 e. The van der Waals surface area contributed by atoms with E-state index < -0.39 is 17.5 Å². The summed E-state index contributed by atoms with van der Waals surface area (Å²) < 4.78 is 5.28. The molecule has 92 valence electrons. The van der Waals surface area contributed by atoms with E-state index in [4.69, 9.17) is 9.84 Å². The smallest absolute Gasteiger partial charge is 0.333 e. The van der Waals surface area contributed by atoms with Crippen LogP contribution in [-0.2, 0) is 10.2 Å². The summed E-state index contributed by atoms with van der Waals surface area (Å²) in [7, 11) is 1.56. The van der Waals surface area contributed by atoms with Gasteiger partial charge in [0.1, 0.15) is 5.75 Å². The van der Waals surface area contributed by atoms with E-state index in [9.17, 15) is 9.90 Å². The van der Waals surface area contributed by atoms with Crippen LogP contribution in [0.5, 0.6) is 5.75 Å². The van der Waals surface area contributed by atoms with Crippen molar-refractivity contribution in [3.8, 4) is 5.75 Å². The van der Waals surface area contributed by atoms with Crippen LogP contribution < -0.4 is 4.74 Å². The molecule has 1 aliphatic carbocycles. The first-order valence-electron chi connectivity index (χ1n) is 5.58. The van der Waals surface area contributed by atoms with Gasteiger partial charge in [-0.3, -0.25) is 0 Å². The maximum absolute atomic E-state index is 11.0. The van der Waals surface area contributed by atoms with E-state index in [0.29, 0.717) is 18.6 Å². The maximum atomic E-state index is 11.0. The summed E-state index contributed by atoms with van der Waals surface area (Å²) in [5, 5.41) is 18.8. The molecule has 1 fully saturated rings. The Hall–Kier alpha value is -1.55. The standard InChI is InChI=1S/C13H16O4/c1-8-4-3-5-9(17-2)10(8)13(6-7-13)11(14)12(15)16/h3-5,11,14H,6-7H2,1-2H3,(H,15,16). The van der Waals surface area contributed by atoms with E-state index in [2.05, 4.69) is 0 Å². The molecule has 0 aliphatic heterocycles. The van der Waals surface area contributed by atoms with Crippen LogP contribution in [0.25, 0.3) is 0 Å². The van der Waals surface area contributed by atoms with Crippen LogP contribution >= 0.6 is 0 Å². The van der Waals surface area contributed by atoms with Crippen LogP contribution in [0.3, 0.4) is 0 Å². The lowest BCUT2D eigenvalue weighted by atomic mass is 9.86. The Morgan fingerprint density at radius 2 is 2.12 bits per heavy atom. The first-order valence-corrected chi connectivity index (χ1v) is 5.58. The molecule has 1 aromatic rings. The van der Waals surface area contributed by atoms with Crippen LogP contribution in [0.15, 0.2) is 18.2 Å². The Bertz CT molecular complexity index is 449. The lowest BCUT2D eigenvalue weighted by Crippen LogP contribution is -2.34. The number of methoxy groups -OCH3 is 1. The van der Waals surface area contributed by atoms with E-state index in [1.165, 1.54) is 0 Å². The van der Waals surface area contributed by atoms with Gasteiger partial charge in [0.2, 0.25) is 0 Å². The van der Waals surface area contributed by atoms with Gasteiger partial charge in [0.15, 0.2) is 6.10 Å². The third kappa shape index (κ3) is 1.78. The van der Waals surface area contributed by atoms with Crippen LogP contribution in [0.4, 0.5) is 0 Å². The molecule has 1 aliphatic rings. The Kier molecular flexibility index (Phi) is 2.83. The zero-order valence-electron chi connectivity index (χ0n) is 9.93. The number of hydrogen-bond donors (Lipinski definition) is 2. The second-order valence-corrected chi connectivity index (χ2v) is 4.55. The summed E-state index contributed by atoms with van der Waals surface area (Å²) in [4.78, 5) is 11.0. The van der Waals surface area contributed by atoms with Gasteiger partial charge in [-0.2, -0.15) is 0 Å². The van der Waals surface area contributed by atoms with Crippen molar-refractivity contribution in [1.29, 1.82) is 0 Å². The third-order valence-corrected chi connectivity index (χ3v) is 3.50. The van der Waals surface area contributed by atoms with E-state index >= 15 is 0 Å². The topological polar surface area (TPSA) is 66.8 Å².